The minimum Gasteiger partial charge on any atom is -0.381 e. The number of benzene rings is 1. The number of halogens is 1. The predicted octanol–water partition coefficient (Wildman–Crippen LogP) is 4.49. The Hall–Kier alpha value is -2.43. The fraction of sp³-hybridized carbons (Fsp3) is 0.409. The third-order valence-corrected chi connectivity index (χ3v) is 6.11. The molecule has 2 aromatic rings. The standard InChI is InChI=1S/C22H23BrN4O2/c23-20-9-17(4-3-16(20)11-24)27-21-10-18(15-1-2-15)19(13-25-21)22(28)26-12-14-5-7-29-8-6-14/h3-4,9-10,13-15H,1-2,5-8,12H2,(H,25,27)(H,26,28). The number of nitrogens with one attached hydrogen (secondary N) is 2. The maximum Gasteiger partial charge on any atom is 0.253 e. The quantitative estimate of drug-likeness (QED) is 0.670. The molecule has 1 aliphatic carbocycles. The first kappa shape index (κ1) is 19.9. The van der Waals surface area contributed by atoms with Gasteiger partial charge >= 0.3 is 0 Å². The van der Waals surface area contributed by atoms with Crippen molar-refractivity contribution in [1.82, 2.24) is 10.3 Å². The van der Waals surface area contributed by atoms with Gasteiger partial charge in [0.1, 0.15) is 11.9 Å². The van der Waals surface area contributed by atoms with Crippen molar-refractivity contribution in [3.63, 3.8) is 0 Å². The molecule has 1 aromatic heterocycles. The van der Waals surface area contributed by atoms with Crippen LogP contribution >= 0.6 is 15.9 Å². The molecule has 4 rings (SSSR count). The summed E-state index contributed by atoms with van der Waals surface area (Å²) >= 11 is 3.41. The molecule has 0 atom stereocenters. The van der Waals surface area contributed by atoms with E-state index in [1.54, 1.807) is 12.3 Å². The summed E-state index contributed by atoms with van der Waals surface area (Å²) in [5.74, 6) is 1.57. The zero-order valence-corrected chi connectivity index (χ0v) is 17.7. The van der Waals surface area contributed by atoms with Crippen molar-refractivity contribution < 1.29 is 9.53 Å². The highest BCUT2D eigenvalue weighted by molar-refractivity contribution is 9.10. The largest absolute Gasteiger partial charge is 0.381 e. The Balaban J connectivity index is 1.47. The summed E-state index contributed by atoms with van der Waals surface area (Å²) in [6.07, 6.45) is 5.88. The van der Waals surface area contributed by atoms with Crippen LogP contribution in [0.2, 0.25) is 0 Å². The molecule has 2 aliphatic rings. The summed E-state index contributed by atoms with van der Waals surface area (Å²) < 4.78 is 6.12. The van der Waals surface area contributed by atoms with Crippen LogP contribution in [-0.2, 0) is 4.74 Å². The number of pyridine rings is 1. The van der Waals surface area contributed by atoms with Crippen molar-refractivity contribution in [1.29, 1.82) is 5.26 Å². The molecule has 2 N–H and O–H groups in total. The first-order valence-corrected chi connectivity index (χ1v) is 10.8. The molecule has 7 heteroatoms. The molecular weight excluding hydrogens is 432 g/mol. The molecule has 29 heavy (non-hydrogen) atoms. The summed E-state index contributed by atoms with van der Waals surface area (Å²) in [6, 6.07) is 9.56. The second kappa shape index (κ2) is 8.93. The highest BCUT2D eigenvalue weighted by Gasteiger charge is 2.29. The first-order chi connectivity index (χ1) is 14.1. The minimum atomic E-state index is -0.0430. The lowest BCUT2D eigenvalue weighted by molar-refractivity contribution is 0.0642. The van der Waals surface area contributed by atoms with E-state index < -0.39 is 0 Å². The predicted molar refractivity (Wildman–Crippen MR) is 114 cm³/mol. The average molecular weight is 455 g/mol. The number of carbonyl (C=O) groups is 1. The van der Waals surface area contributed by atoms with Crippen LogP contribution in [0.1, 0.15) is 53.1 Å². The molecule has 1 saturated heterocycles. The lowest BCUT2D eigenvalue weighted by Gasteiger charge is -2.22. The number of amides is 1. The van der Waals surface area contributed by atoms with E-state index in [2.05, 4.69) is 37.6 Å². The van der Waals surface area contributed by atoms with Gasteiger partial charge in [0.25, 0.3) is 5.91 Å². The molecule has 2 heterocycles. The van der Waals surface area contributed by atoms with Gasteiger partial charge < -0.3 is 15.4 Å². The Bertz CT molecular complexity index is 946. The van der Waals surface area contributed by atoms with Crippen LogP contribution in [0.25, 0.3) is 0 Å². The van der Waals surface area contributed by atoms with Gasteiger partial charge in [-0.2, -0.15) is 5.26 Å². The highest BCUT2D eigenvalue weighted by Crippen LogP contribution is 2.42. The highest BCUT2D eigenvalue weighted by atomic mass is 79.9. The van der Waals surface area contributed by atoms with Crippen LogP contribution in [0.15, 0.2) is 34.9 Å². The number of nitrogens with zero attached hydrogens (tertiary/aromatic N) is 2. The number of ether oxygens (including phenoxy) is 1. The maximum absolute atomic E-state index is 12.8. The summed E-state index contributed by atoms with van der Waals surface area (Å²) in [5.41, 5.74) is 3.14. The van der Waals surface area contributed by atoms with Crippen molar-refractivity contribution >= 4 is 33.3 Å². The fourth-order valence-electron chi connectivity index (χ4n) is 3.58. The molecule has 0 unspecified atom stereocenters. The molecule has 0 spiro atoms. The topological polar surface area (TPSA) is 87.0 Å². The molecule has 0 radical (unpaired) electrons. The van der Waals surface area contributed by atoms with E-state index in [0.29, 0.717) is 35.3 Å². The first-order valence-electron chi connectivity index (χ1n) is 9.96. The monoisotopic (exact) mass is 454 g/mol. The molecule has 1 aromatic carbocycles. The van der Waals surface area contributed by atoms with Gasteiger partial charge in [-0.3, -0.25) is 4.79 Å². The summed E-state index contributed by atoms with van der Waals surface area (Å²) in [6.45, 7) is 2.24. The molecule has 2 fully saturated rings. The van der Waals surface area contributed by atoms with Gasteiger partial charge in [0.15, 0.2) is 0 Å². The molecule has 0 bridgehead atoms. The second-order valence-electron chi connectivity index (χ2n) is 7.63. The Morgan fingerprint density at radius 2 is 2.03 bits per heavy atom. The van der Waals surface area contributed by atoms with E-state index >= 15 is 0 Å². The Morgan fingerprint density at radius 3 is 2.72 bits per heavy atom. The lowest BCUT2D eigenvalue weighted by Crippen LogP contribution is -2.32. The number of hydrogen-bond donors (Lipinski definition) is 2. The van der Waals surface area contributed by atoms with Crippen molar-refractivity contribution in [2.45, 2.75) is 31.6 Å². The third kappa shape index (κ3) is 4.95. The van der Waals surface area contributed by atoms with Gasteiger partial charge in [-0.05, 0) is 83.3 Å². The van der Waals surface area contributed by atoms with Crippen molar-refractivity contribution in [2.24, 2.45) is 5.92 Å². The SMILES string of the molecule is N#Cc1ccc(Nc2cc(C3CC3)c(C(=O)NCC3CCOCC3)cn2)cc1Br. The van der Waals surface area contributed by atoms with E-state index in [1.165, 1.54) is 0 Å². The van der Waals surface area contributed by atoms with E-state index in [0.717, 1.165) is 54.6 Å². The number of hydrogen-bond acceptors (Lipinski definition) is 5. The van der Waals surface area contributed by atoms with E-state index in [4.69, 9.17) is 10.00 Å². The Labute approximate surface area is 178 Å². The second-order valence-corrected chi connectivity index (χ2v) is 8.48. The molecule has 1 amide bonds. The number of anilines is 2. The summed E-state index contributed by atoms with van der Waals surface area (Å²) in [5, 5.41) is 15.4. The van der Waals surface area contributed by atoms with Crippen molar-refractivity contribution in [2.75, 3.05) is 25.1 Å². The zero-order chi connectivity index (χ0) is 20.2. The summed E-state index contributed by atoms with van der Waals surface area (Å²) in [4.78, 5) is 17.2. The smallest absolute Gasteiger partial charge is 0.253 e. The van der Waals surface area contributed by atoms with Gasteiger partial charge in [0.2, 0.25) is 0 Å². The van der Waals surface area contributed by atoms with E-state index in [1.807, 2.05) is 18.2 Å². The van der Waals surface area contributed by atoms with Gasteiger partial charge in [-0.1, -0.05) is 0 Å². The molecular formula is C22H23BrN4O2. The van der Waals surface area contributed by atoms with Crippen LogP contribution in [0.3, 0.4) is 0 Å². The van der Waals surface area contributed by atoms with Gasteiger partial charge in [-0.25, -0.2) is 4.98 Å². The number of carbonyl (C=O) groups excluding carboxylic acids is 1. The normalized spacial score (nSPS) is 16.8. The molecule has 6 nitrogen and oxygen atoms in total. The Morgan fingerprint density at radius 1 is 1.24 bits per heavy atom. The zero-order valence-electron chi connectivity index (χ0n) is 16.1. The van der Waals surface area contributed by atoms with E-state index in [-0.39, 0.29) is 5.91 Å². The van der Waals surface area contributed by atoms with Crippen LogP contribution in [0.4, 0.5) is 11.5 Å². The van der Waals surface area contributed by atoms with E-state index in [9.17, 15) is 4.79 Å². The number of nitriles is 1. The number of rotatable bonds is 6. The van der Waals surface area contributed by atoms with Crippen molar-refractivity contribution in [3.05, 3.63) is 51.6 Å². The van der Waals surface area contributed by atoms with Crippen LogP contribution in [-0.4, -0.2) is 30.6 Å². The van der Waals surface area contributed by atoms with Gasteiger partial charge in [0.05, 0.1) is 11.1 Å². The molecule has 1 saturated carbocycles. The lowest BCUT2D eigenvalue weighted by atomic mass is 10.00. The maximum atomic E-state index is 12.8. The van der Waals surface area contributed by atoms with Gasteiger partial charge in [-0.15, -0.1) is 0 Å². The molecule has 1 aliphatic heterocycles. The van der Waals surface area contributed by atoms with Crippen LogP contribution < -0.4 is 10.6 Å². The fourth-order valence-corrected chi connectivity index (χ4v) is 4.04. The summed E-state index contributed by atoms with van der Waals surface area (Å²) in [7, 11) is 0. The van der Waals surface area contributed by atoms with Crippen molar-refractivity contribution in [3.8, 4) is 6.07 Å². The Kier molecular flexibility index (Phi) is 6.12. The van der Waals surface area contributed by atoms with Crippen LogP contribution in [0.5, 0.6) is 0 Å². The van der Waals surface area contributed by atoms with Crippen LogP contribution in [0, 0.1) is 17.2 Å². The van der Waals surface area contributed by atoms with Gasteiger partial charge in [0, 0.05) is 36.1 Å². The minimum absolute atomic E-state index is 0.0430. The third-order valence-electron chi connectivity index (χ3n) is 5.45. The number of aromatic nitrogens is 1. The average Bonchev–Trinajstić information content (AvgIpc) is 3.58. The molecule has 150 valence electrons.